The molecule has 0 saturated heterocycles. The number of aromatic nitrogens is 2. The van der Waals surface area contributed by atoms with Crippen LogP contribution in [0.2, 0.25) is 5.02 Å². The first kappa shape index (κ1) is 12.8. The second-order valence-corrected chi connectivity index (χ2v) is 5.47. The molecule has 0 fully saturated rings. The van der Waals surface area contributed by atoms with Gasteiger partial charge in [-0.2, -0.15) is 0 Å². The third kappa shape index (κ3) is 2.43. The number of nitrogens with one attached hydrogen (secondary N) is 2. The van der Waals surface area contributed by atoms with Crippen LogP contribution < -0.4 is 10.7 Å². The molecule has 2 N–H and O–H groups in total. The highest BCUT2D eigenvalue weighted by atomic mass is 35.5. The molecular weight excluding hydrogens is 298 g/mol. The van der Waals surface area contributed by atoms with Crippen molar-refractivity contribution in [1.82, 2.24) is 9.97 Å². The molecule has 0 aliphatic heterocycles. The van der Waals surface area contributed by atoms with Crippen molar-refractivity contribution in [3.8, 4) is 0 Å². The molecule has 0 unspecified atom stereocenters. The number of anilines is 1. The van der Waals surface area contributed by atoms with Crippen LogP contribution in [0.5, 0.6) is 0 Å². The number of fused-ring (bicyclic) bond motifs is 1. The lowest BCUT2D eigenvalue weighted by Gasteiger charge is -1.99. The third-order valence-electron chi connectivity index (χ3n) is 2.64. The molecule has 0 aliphatic rings. The number of halogens is 1. The summed E-state index contributed by atoms with van der Waals surface area (Å²) in [6, 6.07) is 6.59. The summed E-state index contributed by atoms with van der Waals surface area (Å²) < 4.78 is 0.870. The Hall–Kier alpha value is -2.18. The van der Waals surface area contributed by atoms with Gasteiger partial charge in [0, 0.05) is 23.5 Å². The number of H-pyrrole nitrogens is 1. The van der Waals surface area contributed by atoms with Crippen molar-refractivity contribution in [1.29, 1.82) is 0 Å². The van der Waals surface area contributed by atoms with Crippen molar-refractivity contribution < 1.29 is 4.79 Å². The first-order valence-electron chi connectivity index (χ1n) is 5.68. The van der Waals surface area contributed by atoms with Crippen LogP contribution in [0.15, 0.2) is 41.5 Å². The van der Waals surface area contributed by atoms with E-state index >= 15 is 0 Å². The third-order valence-corrected chi connectivity index (χ3v) is 3.81. The molecule has 2 aromatic heterocycles. The molecule has 0 saturated carbocycles. The highest BCUT2D eigenvalue weighted by molar-refractivity contribution is 7.22. The molecule has 0 atom stereocenters. The maximum Gasteiger partial charge on any atom is 0.262 e. The Kier molecular flexibility index (Phi) is 3.25. The lowest BCUT2D eigenvalue weighted by Crippen LogP contribution is -2.20. The zero-order valence-electron chi connectivity index (χ0n) is 10.0. The Labute approximate surface area is 122 Å². The fourth-order valence-electron chi connectivity index (χ4n) is 1.71. The van der Waals surface area contributed by atoms with Crippen LogP contribution in [-0.4, -0.2) is 15.9 Å². The van der Waals surface area contributed by atoms with Crippen molar-refractivity contribution in [3.05, 3.63) is 57.5 Å². The smallest absolute Gasteiger partial charge is 0.262 e. The fourth-order valence-corrected chi connectivity index (χ4v) is 2.85. The van der Waals surface area contributed by atoms with Crippen LogP contribution in [0.25, 0.3) is 10.2 Å². The van der Waals surface area contributed by atoms with Crippen molar-refractivity contribution in [3.63, 3.8) is 0 Å². The number of carbonyl (C=O) groups is 1. The largest absolute Gasteiger partial charge is 0.367 e. The maximum absolute atomic E-state index is 12.0. The van der Waals surface area contributed by atoms with E-state index in [1.165, 1.54) is 29.8 Å². The van der Waals surface area contributed by atoms with Crippen LogP contribution in [0.1, 0.15) is 10.4 Å². The van der Waals surface area contributed by atoms with E-state index in [1.54, 1.807) is 18.2 Å². The summed E-state index contributed by atoms with van der Waals surface area (Å²) in [6.07, 6.45) is 2.83. The first-order chi connectivity index (χ1) is 9.63. The van der Waals surface area contributed by atoms with Gasteiger partial charge in [-0.3, -0.25) is 14.9 Å². The Morgan fingerprint density at radius 3 is 3.00 bits per heavy atom. The topological polar surface area (TPSA) is 74.8 Å². The van der Waals surface area contributed by atoms with Crippen molar-refractivity contribution >= 4 is 44.2 Å². The second-order valence-electron chi connectivity index (χ2n) is 4.01. The van der Waals surface area contributed by atoms with Gasteiger partial charge in [-0.25, -0.2) is 4.98 Å². The molecule has 0 spiro atoms. The fraction of sp³-hybridized carbons (Fsp3) is 0. The van der Waals surface area contributed by atoms with Crippen LogP contribution in [0, 0.1) is 0 Å². The summed E-state index contributed by atoms with van der Waals surface area (Å²) in [6.45, 7) is 0. The van der Waals surface area contributed by atoms with E-state index in [0.717, 1.165) is 10.2 Å². The number of thiazole rings is 1. The van der Waals surface area contributed by atoms with Crippen LogP contribution in [0.4, 0.5) is 5.13 Å². The molecule has 2 heterocycles. The highest BCUT2D eigenvalue weighted by Crippen LogP contribution is 2.28. The monoisotopic (exact) mass is 305 g/mol. The molecule has 3 rings (SSSR count). The number of carbonyl (C=O) groups excluding carboxylic acids is 1. The normalized spacial score (nSPS) is 10.7. The number of nitrogens with zero attached hydrogens (tertiary/aromatic N) is 1. The predicted octanol–water partition coefficient (Wildman–Crippen LogP) is 2.89. The number of benzene rings is 1. The Balaban J connectivity index is 1.91. The highest BCUT2D eigenvalue weighted by Gasteiger charge is 2.12. The zero-order valence-corrected chi connectivity index (χ0v) is 11.6. The number of amides is 1. The van der Waals surface area contributed by atoms with Crippen LogP contribution >= 0.6 is 22.9 Å². The van der Waals surface area contributed by atoms with E-state index in [-0.39, 0.29) is 11.0 Å². The standard InChI is InChI=1S/C13H8ClN3O2S/c14-7-1-2-9-11(5-7)20-13(16-9)17-12(19)8-6-15-4-3-10(8)18/h1-6H,(H,15,18)(H,16,17,19). The first-order valence-corrected chi connectivity index (χ1v) is 6.87. The van der Waals surface area contributed by atoms with Gasteiger partial charge in [0.2, 0.25) is 0 Å². The molecule has 0 bridgehead atoms. The predicted molar refractivity (Wildman–Crippen MR) is 79.6 cm³/mol. The number of hydrogen-bond donors (Lipinski definition) is 2. The Bertz CT molecular complexity index is 856. The van der Waals surface area contributed by atoms with E-state index in [0.29, 0.717) is 10.2 Å². The summed E-state index contributed by atoms with van der Waals surface area (Å²) in [4.78, 5) is 30.5. The van der Waals surface area contributed by atoms with Gasteiger partial charge in [0.05, 0.1) is 10.2 Å². The molecule has 5 nitrogen and oxygen atoms in total. The van der Waals surface area contributed by atoms with Gasteiger partial charge in [-0.05, 0) is 18.2 Å². The molecular formula is C13H8ClN3O2S. The average Bonchev–Trinajstić information content (AvgIpc) is 2.80. The summed E-state index contributed by atoms with van der Waals surface area (Å²) in [5.74, 6) is -0.489. The Morgan fingerprint density at radius 2 is 2.20 bits per heavy atom. The van der Waals surface area contributed by atoms with Crippen molar-refractivity contribution in [2.24, 2.45) is 0 Å². The minimum Gasteiger partial charge on any atom is -0.367 e. The van der Waals surface area contributed by atoms with Gasteiger partial charge in [0.15, 0.2) is 10.6 Å². The summed E-state index contributed by atoms with van der Waals surface area (Å²) in [5.41, 5.74) is 0.451. The number of rotatable bonds is 2. The second kappa shape index (κ2) is 5.07. The molecule has 1 amide bonds. The lowest BCUT2D eigenvalue weighted by molar-refractivity contribution is 0.102. The van der Waals surface area contributed by atoms with Crippen LogP contribution in [-0.2, 0) is 0 Å². The number of hydrogen-bond acceptors (Lipinski definition) is 4. The van der Waals surface area contributed by atoms with Gasteiger partial charge < -0.3 is 4.98 Å². The lowest BCUT2D eigenvalue weighted by atomic mass is 10.2. The van der Waals surface area contributed by atoms with Gasteiger partial charge >= 0.3 is 0 Å². The molecule has 100 valence electrons. The molecule has 0 radical (unpaired) electrons. The van der Waals surface area contributed by atoms with Crippen LogP contribution in [0.3, 0.4) is 0 Å². The van der Waals surface area contributed by atoms with E-state index in [2.05, 4.69) is 15.3 Å². The average molecular weight is 306 g/mol. The molecule has 3 aromatic rings. The van der Waals surface area contributed by atoms with Crippen molar-refractivity contribution in [2.45, 2.75) is 0 Å². The van der Waals surface area contributed by atoms with Gasteiger partial charge in [-0.1, -0.05) is 22.9 Å². The number of aromatic amines is 1. The summed E-state index contributed by atoms with van der Waals surface area (Å²) in [5, 5.41) is 3.65. The Morgan fingerprint density at radius 1 is 1.35 bits per heavy atom. The van der Waals surface area contributed by atoms with E-state index in [9.17, 15) is 9.59 Å². The van der Waals surface area contributed by atoms with E-state index in [1.807, 2.05) is 0 Å². The minimum absolute atomic E-state index is 0.0461. The SMILES string of the molecule is O=C(Nc1nc2ccc(Cl)cc2s1)c1c[nH]ccc1=O. The van der Waals surface area contributed by atoms with Crippen molar-refractivity contribution in [2.75, 3.05) is 5.32 Å². The van der Waals surface area contributed by atoms with Gasteiger partial charge in [0.1, 0.15) is 5.56 Å². The maximum atomic E-state index is 12.0. The van der Waals surface area contributed by atoms with Gasteiger partial charge in [0.25, 0.3) is 5.91 Å². The molecule has 7 heteroatoms. The minimum atomic E-state index is -0.489. The molecule has 1 aromatic carbocycles. The summed E-state index contributed by atoms with van der Waals surface area (Å²) >= 11 is 7.20. The summed E-state index contributed by atoms with van der Waals surface area (Å²) in [7, 11) is 0. The zero-order chi connectivity index (χ0) is 14.1. The van der Waals surface area contributed by atoms with E-state index in [4.69, 9.17) is 11.6 Å². The van der Waals surface area contributed by atoms with Gasteiger partial charge in [-0.15, -0.1) is 0 Å². The van der Waals surface area contributed by atoms with E-state index < -0.39 is 5.91 Å². The molecule has 0 aliphatic carbocycles. The number of pyridine rings is 1. The molecule has 20 heavy (non-hydrogen) atoms. The quantitative estimate of drug-likeness (QED) is 0.764.